The number of urea groups is 1. The summed E-state index contributed by atoms with van der Waals surface area (Å²) in [5.41, 5.74) is -1.19. The number of aliphatic carboxylic acids is 1. The van der Waals surface area contributed by atoms with Crippen molar-refractivity contribution in [1.82, 2.24) is 10.6 Å². The van der Waals surface area contributed by atoms with E-state index in [1.165, 1.54) is 6.42 Å². The number of hydrogen-bond acceptors (Lipinski definition) is 4. The zero-order chi connectivity index (χ0) is 14.6. The topological polar surface area (TPSA) is 87.7 Å². The minimum atomic E-state index is -1.19. The molecule has 2 fully saturated rings. The lowest BCUT2D eigenvalue weighted by atomic mass is 9.84. The van der Waals surface area contributed by atoms with Crippen molar-refractivity contribution >= 4 is 23.8 Å². The molecule has 7 heteroatoms. The van der Waals surface area contributed by atoms with Gasteiger partial charge >= 0.3 is 12.0 Å². The van der Waals surface area contributed by atoms with Gasteiger partial charge in [0.2, 0.25) is 0 Å². The van der Waals surface area contributed by atoms with Crippen LogP contribution < -0.4 is 10.6 Å². The molecule has 0 aromatic rings. The Kier molecular flexibility index (Phi) is 4.80. The van der Waals surface area contributed by atoms with Gasteiger partial charge in [0.1, 0.15) is 5.54 Å². The van der Waals surface area contributed by atoms with Gasteiger partial charge in [0.25, 0.3) is 0 Å². The number of rotatable bonds is 5. The first-order chi connectivity index (χ1) is 9.52. The third kappa shape index (κ3) is 3.20. The predicted molar refractivity (Wildman–Crippen MR) is 77.1 cm³/mol. The normalized spacial score (nSPS) is 23.4. The molecule has 1 aliphatic heterocycles. The summed E-state index contributed by atoms with van der Waals surface area (Å²) >= 11 is 1.77. The molecular weight excluding hydrogens is 280 g/mol. The predicted octanol–water partition coefficient (Wildman–Crippen LogP) is 1.21. The molecule has 0 unspecified atom stereocenters. The Balaban J connectivity index is 1.87. The summed E-state index contributed by atoms with van der Waals surface area (Å²) in [6.07, 6.45) is 6.07. The van der Waals surface area contributed by atoms with E-state index in [-0.39, 0.29) is 4.75 Å². The van der Waals surface area contributed by atoms with Gasteiger partial charge in [-0.1, -0.05) is 6.42 Å². The summed E-state index contributed by atoms with van der Waals surface area (Å²) in [5.74, 6) is -0.987. The van der Waals surface area contributed by atoms with E-state index in [0.717, 1.165) is 12.8 Å². The van der Waals surface area contributed by atoms with Gasteiger partial charge < -0.3 is 20.5 Å². The Morgan fingerprint density at radius 3 is 2.35 bits per heavy atom. The third-order valence-electron chi connectivity index (χ3n) is 4.38. The van der Waals surface area contributed by atoms with E-state index in [9.17, 15) is 14.7 Å². The second kappa shape index (κ2) is 6.22. The number of amides is 2. The number of hydrogen-bond donors (Lipinski definition) is 3. The number of ether oxygens (including phenoxy) is 1. The van der Waals surface area contributed by atoms with Crippen LogP contribution in [0.3, 0.4) is 0 Å². The Bertz CT molecular complexity index is 373. The molecule has 114 valence electrons. The van der Waals surface area contributed by atoms with Gasteiger partial charge in [-0.15, -0.1) is 0 Å². The first-order valence-corrected chi connectivity index (χ1v) is 8.17. The zero-order valence-electron chi connectivity index (χ0n) is 11.7. The monoisotopic (exact) mass is 302 g/mol. The van der Waals surface area contributed by atoms with E-state index in [1.54, 1.807) is 11.8 Å². The second-order valence-corrected chi connectivity index (χ2v) is 6.82. The molecule has 0 spiro atoms. The van der Waals surface area contributed by atoms with E-state index in [2.05, 4.69) is 16.9 Å². The standard InChI is InChI=1S/C13H22N2O4S/c1-20-12(3-2-4-12)9-14-11(18)15-13(10(16)17)5-7-19-8-6-13/h2-9H2,1H3,(H,16,17)(H2,14,15,18). The van der Waals surface area contributed by atoms with Crippen LogP contribution in [-0.2, 0) is 9.53 Å². The largest absolute Gasteiger partial charge is 0.480 e. The van der Waals surface area contributed by atoms with Crippen molar-refractivity contribution in [2.75, 3.05) is 26.0 Å². The fourth-order valence-electron chi connectivity index (χ4n) is 2.64. The van der Waals surface area contributed by atoms with Gasteiger partial charge in [-0.2, -0.15) is 11.8 Å². The molecule has 0 aromatic carbocycles. The molecule has 2 rings (SSSR count). The van der Waals surface area contributed by atoms with Crippen LogP contribution in [0.1, 0.15) is 32.1 Å². The Labute approximate surface area is 123 Å². The van der Waals surface area contributed by atoms with Gasteiger partial charge in [0, 0.05) is 37.3 Å². The maximum absolute atomic E-state index is 12.0. The molecule has 6 nitrogen and oxygen atoms in total. The molecule has 1 saturated heterocycles. The average molecular weight is 302 g/mol. The quantitative estimate of drug-likeness (QED) is 0.710. The Morgan fingerprint density at radius 2 is 1.90 bits per heavy atom. The SMILES string of the molecule is CSC1(CNC(=O)NC2(C(=O)O)CCOCC2)CCC1. The summed E-state index contributed by atoms with van der Waals surface area (Å²) in [6.45, 7) is 1.31. The summed E-state index contributed by atoms with van der Waals surface area (Å²) in [7, 11) is 0. The number of carboxylic acids is 1. The fraction of sp³-hybridized carbons (Fsp3) is 0.846. The zero-order valence-corrected chi connectivity index (χ0v) is 12.6. The second-order valence-electron chi connectivity index (χ2n) is 5.55. The fourth-order valence-corrected chi connectivity index (χ4v) is 3.55. The molecule has 1 saturated carbocycles. The van der Waals surface area contributed by atoms with Crippen LogP contribution in [0.4, 0.5) is 4.79 Å². The van der Waals surface area contributed by atoms with Crippen LogP contribution in [0, 0.1) is 0 Å². The molecule has 0 bridgehead atoms. The highest BCUT2D eigenvalue weighted by Gasteiger charge is 2.42. The summed E-state index contributed by atoms with van der Waals surface area (Å²) in [4.78, 5) is 23.4. The van der Waals surface area contributed by atoms with Crippen LogP contribution >= 0.6 is 11.8 Å². The molecule has 2 aliphatic rings. The average Bonchev–Trinajstić information content (AvgIpc) is 2.39. The number of thioether (sulfide) groups is 1. The lowest BCUT2D eigenvalue weighted by molar-refractivity contribution is -0.148. The van der Waals surface area contributed by atoms with Crippen molar-refractivity contribution in [3.8, 4) is 0 Å². The minimum Gasteiger partial charge on any atom is -0.480 e. The Morgan fingerprint density at radius 1 is 1.25 bits per heavy atom. The summed E-state index contributed by atoms with van der Waals surface area (Å²) < 4.78 is 5.32. The third-order valence-corrected chi connectivity index (χ3v) is 5.80. The number of carboxylic acid groups (broad SMARTS) is 1. The van der Waals surface area contributed by atoms with E-state index >= 15 is 0 Å². The number of nitrogens with one attached hydrogen (secondary N) is 2. The molecule has 0 aromatic heterocycles. The summed E-state index contributed by atoms with van der Waals surface area (Å²) in [6, 6.07) is -0.394. The molecule has 0 radical (unpaired) electrons. The van der Waals surface area contributed by atoms with Crippen molar-refractivity contribution in [3.63, 3.8) is 0 Å². The molecule has 20 heavy (non-hydrogen) atoms. The minimum absolute atomic E-state index is 0.142. The van der Waals surface area contributed by atoms with Crippen molar-refractivity contribution in [2.45, 2.75) is 42.4 Å². The van der Waals surface area contributed by atoms with Crippen molar-refractivity contribution in [1.29, 1.82) is 0 Å². The van der Waals surface area contributed by atoms with Gasteiger partial charge in [0.15, 0.2) is 0 Å². The van der Waals surface area contributed by atoms with Gasteiger partial charge in [-0.25, -0.2) is 9.59 Å². The van der Waals surface area contributed by atoms with Crippen LogP contribution in [0.15, 0.2) is 0 Å². The highest BCUT2D eigenvalue weighted by molar-refractivity contribution is 8.00. The van der Waals surface area contributed by atoms with E-state index in [1.807, 2.05) is 0 Å². The lowest BCUT2D eigenvalue weighted by Gasteiger charge is -2.41. The highest BCUT2D eigenvalue weighted by atomic mass is 32.2. The highest BCUT2D eigenvalue weighted by Crippen LogP contribution is 2.42. The van der Waals surface area contributed by atoms with Gasteiger partial charge in [0.05, 0.1) is 0 Å². The maximum atomic E-state index is 12.0. The molecule has 0 atom stereocenters. The van der Waals surface area contributed by atoms with Gasteiger partial charge in [-0.05, 0) is 19.1 Å². The first-order valence-electron chi connectivity index (χ1n) is 6.94. The van der Waals surface area contributed by atoms with E-state index in [4.69, 9.17) is 4.74 Å². The summed E-state index contributed by atoms with van der Waals surface area (Å²) in [5, 5.41) is 14.8. The van der Waals surface area contributed by atoms with Crippen molar-refractivity contribution < 1.29 is 19.4 Å². The van der Waals surface area contributed by atoms with Crippen LogP contribution in [0.2, 0.25) is 0 Å². The molecule has 1 aliphatic carbocycles. The number of carbonyl (C=O) groups is 2. The molecule has 1 heterocycles. The van der Waals surface area contributed by atoms with Crippen LogP contribution in [0.5, 0.6) is 0 Å². The maximum Gasteiger partial charge on any atom is 0.329 e. The van der Waals surface area contributed by atoms with E-state index < -0.39 is 17.5 Å². The van der Waals surface area contributed by atoms with Crippen LogP contribution in [-0.4, -0.2) is 53.4 Å². The molecule has 3 N–H and O–H groups in total. The molecular formula is C13H22N2O4S. The van der Waals surface area contributed by atoms with Gasteiger partial charge in [-0.3, -0.25) is 0 Å². The van der Waals surface area contributed by atoms with Crippen molar-refractivity contribution in [3.05, 3.63) is 0 Å². The lowest BCUT2D eigenvalue weighted by Crippen LogP contribution is -2.60. The smallest absolute Gasteiger partial charge is 0.329 e. The molecule has 2 amide bonds. The number of carbonyl (C=O) groups excluding carboxylic acids is 1. The van der Waals surface area contributed by atoms with Crippen LogP contribution in [0.25, 0.3) is 0 Å². The van der Waals surface area contributed by atoms with Crippen molar-refractivity contribution in [2.24, 2.45) is 0 Å². The van der Waals surface area contributed by atoms with E-state index in [0.29, 0.717) is 32.6 Å². The Hall–Kier alpha value is -0.950. The first kappa shape index (κ1) is 15.4.